The lowest BCUT2D eigenvalue weighted by atomic mass is 9.79. The lowest BCUT2D eigenvalue weighted by Crippen LogP contribution is -2.45. The second-order valence-electron chi connectivity index (χ2n) is 9.02. The Labute approximate surface area is 198 Å². The van der Waals surface area contributed by atoms with Gasteiger partial charge in [-0.25, -0.2) is 9.78 Å². The monoisotopic (exact) mass is 469 g/mol. The van der Waals surface area contributed by atoms with Gasteiger partial charge in [-0.3, -0.25) is 4.57 Å². The molecule has 0 saturated heterocycles. The first-order valence-corrected chi connectivity index (χ1v) is 11.4. The summed E-state index contributed by atoms with van der Waals surface area (Å²) in [5.41, 5.74) is 1.01. The van der Waals surface area contributed by atoms with Crippen LogP contribution in [0.2, 0.25) is 5.02 Å². The highest BCUT2D eigenvalue weighted by Gasteiger charge is 2.37. The zero-order valence-corrected chi connectivity index (χ0v) is 20.0. The van der Waals surface area contributed by atoms with Crippen LogP contribution in [0.3, 0.4) is 0 Å². The fourth-order valence-corrected chi connectivity index (χ4v) is 3.97. The molecule has 1 aliphatic carbocycles. The molecule has 0 aliphatic heterocycles. The van der Waals surface area contributed by atoms with Crippen molar-refractivity contribution in [2.24, 2.45) is 0 Å². The number of amides is 1. The summed E-state index contributed by atoms with van der Waals surface area (Å²) in [4.78, 5) is 16.6. The van der Waals surface area contributed by atoms with Gasteiger partial charge < -0.3 is 14.8 Å². The van der Waals surface area contributed by atoms with Crippen LogP contribution < -0.4 is 10.1 Å². The molecule has 3 aromatic rings. The number of rotatable bonds is 6. The van der Waals surface area contributed by atoms with Gasteiger partial charge in [-0.1, -0.05) is 17.7 Å². The predicted molar refractivity (Wildman–Crippen MR) is 126 cm³/mol. The van der Waals surface area contributed by atoms with E-state index in [4.69, 9.17) is 21.1 Å². The Kier molecular flexibility index (Phi) is 6.56. The maximum Gasteiger partial charge on any atom is 0.407 e. The Morgan fingerprint density at radius 3 is 2.64 bits per heavy atom. The number of carbonyl (C=O) groups is 1. The van der Waals surface area contributed by atoms with Crippen molar-refractivity contribution in [1.29, 1.82) is 0 Å². The summed E-state index contributed by atoms with van der Waals surface area (Å²) in [6, 6.07) is 11.3. The van der Waals surface area contributed by atoms with Crippen molar-refractivity contribution in [2.45, 2.75) is 58.1 Å². The normalized spacial score (nSPS) is 17.8. The molecule has 4 rings (SSSR count). The molecule has 1 aromatic carbocycles. The van der Waals surface area contributed by atoms with Crippen LogP contribution in [-0.4, -0.2) is 44.1 Å². The molecule has 2 aromatic heterocycles. The molecule has 0 unspecified atom stereocenters. The molecule has 1 saturated carbocycles. The molecule has 0 spiro atoms. The van der Waals surface area contributed by atoms with E-state index in [1.807, 2.05) is 68.7 Å². The zero-order valence-electron chi connectivity index (χ0n) is 19.2. The van der Waals surface area contributed by atoms with Crippen molar-refractivity contribution in [2.75, 3.05) is 6.61 Å². The van der Waals surface area contributed by atoms with Crippen molar-refractivity contribution < 1.29 is 14.3 Å². The van der Waals surface area contributed by atoms with E-state index in [1.165, 1.54) is 0 Å². The lowest BCUT2D eigenvalue weighted by molar-refractivity contribution is 0.0469. The first-order valence-electron chi connectivity index (χ1n) is 11.0. The number of nitrogens with zero attached hydrogens (tertiary/aromatic N) is 4. The van der Waals surface area contributed by atoms with E-state index in [-0.39, 0.29) is 12.0 Å². The van der Waals surface area contributed by atoms with Crippen LogP contribution in [0.25, 0.3) is 17.2 Å². The molecular formula is C24H28ClN5O3. The molecule has 33 heavy (non-hydrogen) atoms. The number of carbonyl (C=O) groups excluding carboxylic acids is 1. The number of hydrogen-bond acceptors (Lipinski definition) is 6. The Morgan fingerprint density at radius 2 is 2.00 bits per heavy atom. The number of nitrogens with one attached hydrogen (secondary N) is 1. The molecule has 8 nitrogen and oxygen atoms in total. The molecule has 1 aliphatic rings. The van der Waals surface area contributed by atoms with Gasteiger partial charge in [0, 0.05) is 17.0 Å². The number of ether oxygens (including phenoxy) is 2. The largest absolute Gasteiger partial charge is 0.492 e. The first kappa shape index (κ1) is 23.0. The van der Waals surface area contributed by atoms with E-state index in [0.29, 0.717) is 28.9 Å². The van der Waals surface area contributed by atoms with Gasteiger partial charge in [-0.15, -0.1) is 10.2 Å². The van der Waals surface area contributed by atoms with E-state index in [0.717, 1.165) is 24.4 Å². The third kappa shape index (κ3) is 5.45. The number of benzene rings is 1. The second-order valence-corrected chi connectivity index (χ2v) is 9.46. The van der Waals surface area contributed by atoms with Crippen LogP contribution in [0, 0.1) is 0 Å². The Balaban J connectivity index is 1.58. The smallest absolute Gasteiger partial charge is 0.407 e. The van der Waals surface area contributed by atoms with E-state index in [1.54, 1.807) is 6.20 Å². The van der Waals surface area contributed by atoms with Crippen molar-refractivity contribution >= 4 is 17.7 Å². The van der Waals surface area contributed by atoms with Gasteiger partial charge in [0.1, 0.15) is 22.9 Å². The average Bonchev–Trinajstić information content (AvgIpc) is 3.14. The fraction of sp³-hybridized carbons (Fsp3) is 0.417. The summed E-state index contributed by atoms with van der Waals surface area (Å²) < 4.78 is 12.9. The van der Waals surface area contributed by atoms with Crippen LogP contribution in [0.1, 0.15) is 52.3 Å². The quantitative estimate of drug-likeness (QED) is 0.536. The SMILES string of the molecule is CCOc1ccc(-c2nnc(C3CC(NC(=O)OC(C)(C)C)C3)n2-c2cccc(Cl)c2)nc1. The van der Waals surface area contributed by atoms with E-state index in [2.05, 4.69) is 20.5 Å². The minimum absolute atomic E-state index is 0.0291. The minimum atomic E-state index is -0.528. The van der Waals surface area contributed by atoms with E-state index in [9.17, 15) is 4.79 Å². The standard InChI is InChI=1S/C24H28ClN5O3/c1-5-32-19-9-10-20(26-14-19)22-29-28-21(30(22)18-8-6-7-16(25)13-18)15-11-17(12-15)27-23(31)33-24(2,3)4/h6-10,13-15,17H,5,11-12H2,1-4H3,(H,27,31). The van der Waals surface area contributed by atoms with Crippen molar-refractivity contribution in [1.82, 2.24) is 25.1 Å². The Bertz CT molecular complexity index is 1120. The number of aromatic nitrogens is 4. The first-order chi connectivity index (χ1) is 15.7. The van der Waals surface area contributed by atoms with Crippen LogP contribution in [0.5, 0.6) is 5.75 Å². The van der Waals surface area contributed by atoms with Crippen molar-refractivity contribution in [3.8, 4) is 23.0 Å². The Hall–Kier alpha value is -3.13. The summed E-state index contributed by atoms with van der Waals surface area (Å²) in [6.07, 6.45) is 2.77. The van der Waals surface area contributed by atoms with E-state index >= 15 is 0 Å². The summed E-state index contributed by atoms with van der Waals surface area (Å²) in [5.74, 6) is 2.27. The molecule has 1 fully saturated rings. The maximum atomic E-state index is 12.1. The highest BCUT2D eigenvalue weighted by atomic mass is 35.5. The van der Waals surface area contributed by atoms with Gasteiger partial charge in [0.05, 0.1) is 18.5 Å². The van der Waals surface area contributed by atoms with Crippen LogP contribution in [-0.2, 0) is 4.74 Å². The topological polar surface area (TPSA) is 91.2 Å². The van der Waals surface area contributed by atoms with Gasteiger partial charge >= 0.3 is 6.09 Å². The number of alkyl carbamates (subject to hydrolysis) is 1. The van der Waals surface area contributed by atoms with Crippen molar-refractivity contribution in [3.63, 3.8) is 0 Å². The number of halogens is 1. The van der Waals surface area contributed by atoms with Gasteiger partial charge in [0.2, 0.25) is 0 Å². The van der Waals surface area contributed by atoms with Gasteiger partial charge in [-0.05, 0) is 70.9 Å². The van der Waals surface area contributed by atoms with Crippen molar-refractivity contribution in [3.05, 3.63) is 53.4 Å². The van der Waals surface area contributed by atoms with Gasteiger partial charge in [0.15, 0.2) is 5.82 Å². The lowest BCUT2D eigenvalue weighted by Gasteiger charge is -2.35. The maximum absolute atomic E-state index is 12.1. The summed E-state index contributed by atoms with van der Waals surface area (Å²) in [6.45, 7) is 8.05. The summed E-state index contributed by atoms with van der Waals surface area (Å²) >= 11 is 6.28. The zero-order chi connectivity index (χ0) is 23.6. The highest BCUT2D eigenvalue weighted by Crippen LogP contribution is 2.38. The van der Waals surface area contributed by atoms with E-state index < -0.39 is 11.7 Å². The Morgan fingerprint density at radius 1 is 1.21 bits per heavy atom. The molecule has 0 radical (unpaired) electrons. The van der Waals surface area contributed by atoms with Crippen LogP contribution in [0.15, 0.2) is 42.6 Å². The second kappa shape index (κ2) is 9.39. The predicted octanol–water partition coefficient (Wildman–Crippen LogP) is 5.15. The third-order valence-electron chi connectivity index (χ3n) is 5.26. The molecule has 1 N–H and O–H groups in total. The van der Waals surface area contributed by atoms with Gasteiger partial charge in [-0.2, -0.15) is 0 Å². The summed E-state index contributed by atoms with van der Waals surface area (Å²) in [5, 5.41) is 12.5. The molecule has 2 heterocycles. The highest BCUT2D eigenvalue weighted by molar-refractivity contribution is 6.30. The minimum Gasteiger partial charge on any atom is -0.492 e. The van der Waals surface area contributed by atoms with Gasteiger partial charge in [0.25, 0.3) is 0 Å². The average molecular weight is 470 g/mol. The molecule has 0 bridgehead atoms. The summed E-state index contributed by atoms with van der Waals surface area (Å²) in [7, 11) is 0. The number of pyridine rings is 1. The molecule has 0 atom stereocenters. The third-order valence-corrected chi connectivity index (χ3v) is 5.49. The van der Waals surface area contributed by atoms with Crippen LogP contribution in [0.4, 0.5) is 4.79 Å². The molecular weight excluding hydrogens is 442 g/mol. The fourth-order valence-electron chi connectivity index (χ4n) is 3.78. The number of hydrogen-bond donors (Lipinski definition) is 1. The molecule has 174 valence electrons. The van der Waals surface area contributed by atoms with Crippen LogP contribution >= 0.6 is 11.6 Å². The molecule has 9 heteroatoms. The molecule has 1 amide bonds.